The smallest absolute Gasteiger partial charge is 0.261 e. The number of benzene rings is 2. The van der Waals surface area contributed by atoms with Crippen molar-refractivity contribution in [1.29, 1.82) is 0 Å². The number of sulfonamides is 1. The van der Waals surface area contributed by atoms with Gasteiger partial charge in [-0.05, 0) is 30.3 Å². The highest BCUT2D eigenvalue weighted by molar-refractivity contribution is 7.92. The number of nitrogens with one attached hydrogen (secondary N) is 1. The number of aromatic nitrogens is 1. The van der Waals surface area contributed by atoms with Crippen LogP contribution in [0.15, 0.2) is 53.4 Å². The molecule has 4 aromatic rings. The molecule has 6 nitrogen and oxygen atoms in total. The Kier molecular flexibility index (Phi) is 4.26. The summed E-state index contributed by atoms with van der Waals surface area (Å²) in [5, 5.41) is 11.3. The van der Waals surface area contributed by atoms with Crippen LogP contribution in [0.3, 0.4) is 0 Å². The SMILES string of the molecule is O=[C]c1nc(Cl)c2c(sc3ccc(NS(=O)(=O)c4ccccc4)cc32)c1O. The van der Waals surface area contributed by atoms with Crippen LogP contribution >= 0.6 is 22.9 Å². The molecular formula is C18H10ClN2O4S2. The van der Waals surface area contributed by atoms with Crippen molar-refractivity contribution in [3.63, 3.8) is 0 Å². The minimum Gasteiger partial charge on any atom is -0.504 e. The highest BCUT2D eigenvalue weighted by Crippen LogP contribution is 2.43. The standard InChI is InChI=1S/C18H10ClN2O4S2/c19-18-15-12-8-10(21-27(24,25)11-4-2-1-3-5-11)6-7-14(12)26-17(15)16(23)13(9-22)20-18/h1-8,21,23H. The molecule has 135 valence electrons. The predicted molar refractivity (Wildman–Crippen MR) is 106 cm³/mol. The van der Waals surface area contributed by atoms with Crippen LogP contribution in [0, 0.1) is 0 Å². The average Bonchev–Trinajstić information content (AvgIpc) is 3.04. The highest BCUT2D eigenvalue weighted by atomic mass is 35.5. The van der Waals surface area contributed by atoms with Crippen molar-refractivity contribution in [3.05, 3.63) is 59.4 Å². The van der Waals surface area contributed by atoms with E-state index in [1.807, 2.05) is 0 Å². The molecule has 0 amide bonds. The highest BCUT2D eigenvalue weighted by Gasteiger charge is 2.19. The zero-order chi connectivity index (χ0) is 19.2. The largest absolute Gasteiger partial charge is 0.504 e. The van der Waals surface area contributed by atoms with Gasteiger partial charge in [-0.15, -0.1) is 11.3 Å². The van der Waals surface area contributed by atoms with Gasteiger partial charge in [0.25, 0.3) is 16.3 Å². The van der Waals surface area contributed by atoms with Gasteiger partial charge >= 0.3 is 0 Å². The third-order valence-corrected chi connectivity index (χ3v) is 6.79. The Morgan fingerprint density at radius 2 is 1.89 bits per heavy atom. The van der Waals surface area contributed by atoms with Crippen molar-refractivity contribution in [2.45, 2.75) is 4.90 Å². The number of anilines is 1. The Hall–Kier alpha value is -2.68. The third kappa shape index (κ3) is 3.01. The first-order valence-electron chi connectivity index (χ1n) is 7.61. The maximum Gasteiger partial charge on any atom is 0.261 e. The summed E-state index contributed by atoms with van der Waals surface area (Å²) in [4.78, 5) is 14.9. The molecule has 27 heavy (non-hydrogen) atoms. The molecule has 0 aliphatic rings. The second-order valence-electron chi connectivity index (χ2n) is 5.64. The topological polar surface area (TPSA) is 96.4 Å². The van der Waals surface area contributed by atoms with Crippen LogP contribution in [0.25, 0.3) is 20.2 Å². The van der Waals surface area contributed by atoms with Crippen LogP contribution in [0.5, 0.6) is 5.75 Å². The minimum atomic E-state index is -3.74. The first kappa shape index (κ1) is 17.7. The van der Waals surface area contributed by atoms with Crippen molar-refractivity contribution in [2.24, 2.45) is 0 Å². The molecule has 0 aliphatic carbocycles. The van der Waals surface area contributed by atoms with Gasteiger partial charge in [0.2, 0.25) is 0 Å². The molecule has 0 aliphatic heterocycles. The lowest BCUT2D eigenvalue weighted by molar-refractivity contribution is 0.476. The summed E-state index contributed by atoms with van der Waals surface area (Å²) in [6.07, 6.45) is 1.55. The van der Waals surface area contributed by atoms with E-state index in [2.05, 4.69) is 9.71 Å². The molecule has 0 spiro atoms. The molecule has 9 heteroatoms. The molecular weight excluding hydrogens is 408 g/mol. The summed E-state index contributed by atoms with van der Waals surface area (Å²) < 4.78 is 28.7. The molecule has 0 unspecified atom stereocenters. The number of nitrogens with zero attached hydrogens (tertiary/aromatic N) is 1. The zero-order valence-electron chi connectivity index (χ0n) is 13.4. The Bertz CT molecular complexity index is 1300. The summed E-state index contributed by atoms with van der Waals surface area (Å²) in [5.41, 5.74) is 0.0803. The van der Waals surface area contributed by atoms with E-state index in [1.54, 1.807) is 42.7 Å². The lowest BCUT2D eigenvalue weighted by atomic mass is 10.1. The summed E-state index contributed by atoms with van der Waals surface area (Å²) >= 11 is 7.41. The Morgan fingerprint density at radius 1 is 1.15 bits per heavy atom. The average molecular weight is 418 g/mol. The normalized spacial score (nSPS) is 11.7. The van der Waals surface area contributed by atoms with E-state index in [9.17, 15) is 18.3 Å². The van der Waals surface area contributed by atoms with Crippen LogP contribution < -0.4 is 4.72 Å². The van der Waals surface area contributed by atoms with Gasteiger partial charge in [0, 0.05) is 21.2 Å². The van der Waals surface area contributed by atoms with Crippen LogP contribution in [-0.2, 0) is 14.8 Å². The van der Waals surface area contributed by atoms with E-state index in [1.165, 1.54) is 23.5 Å². The maximum absolute atomic E-state index is 12.5. The van der Waals surface area contributed by atoms with Crippen molar-refractivity contribution in [3.8, 4) is 5.75 Å². The molecule has 0 saturated heterocycles. The Labute approximate surface area is 163 Å². The Morgan fingerprint density at radius 3 is 2.59 bits per heavy atom. The number of hydrogen-bond acceptors (Lipinski definition) is 6. The molecule has 0 fully saturated rings. The van der Waals surface area contributed by atoms with E-state index in [-0.39, 0.29) is 21.5 Å². The number of halogens is 1. The fraction of sp³-hybridized carbons (Fsp3) is 0. The molecule has 1 radical (unpaired) electrons. The number of rotatable bonds is 4. The minimum absolute atomic E-state index is 0.0375. The van der Waals surface area contributed by atoms with Crippen LogP contribution in [-0.4, -0.2) is 24.8 Å². The molecule has 2 aromatic carbocycles. The number of hydrogen-bond donors (Lipinski definition) is 2. The molecule has 0 saturated carbocycles. The molecule has 2 N–H and O–H groups in total. The zero-order valence-corrected chi connectivity index (χ0v) is 15.8. The van der Waals surface area contributed by atoms with Crippen molar-refractivity contribution in [2.75, 3.05) is 4.72 Å². The van der Waals surface area contributed by atoms with Gasteiger partial charge in [-0.25, -0.2) is 13.4 Å². The number of aromatic hydroxyl groups is 1. The summed E-state index contributed by atoms with van der Waals surface area (Å²) in [6.45, 7) is 0. The fourth-order valence-electron chi connectivity index (χ4n) is 2.73. The van der Waals surface area contributed by atoms with E-state index < -0.39 is 10.0 Å². The first-order valence-corrected chi connectivity index (χ1v) is 10.3. The first-order chi connectivity index (χ1) is 12.9. The molecule has 2 aromatic heterocycles. The Balaban J connectivity index is 1.86. The van der Waals surface area contributed by atoms with E-state index in [4.69, 9.17) is 11.6 Å². The monoisotopic (exact) mass is 417 g/mol. The van der Waals surface area contributed by atoms with Crippen molar-refractivity contribution < 1.29 is 18.3 Å². The van der Waals surface area contributed by atoms with Gasteiger partial charge in [-0.1, -0.05) is 29.8 Å². The van der Waals surface area contributed by atoms with Gasteiger partial charge in [-0.2, -0.15) is 0 Å². The number of thiophene rings is 1. The van der Waals surface area contributed by atoms with Crippen molar-refractivity contribution >= 4 is 65.1 Å². The molecule has 4 rings (SSSR count). The van der Waals surface area contributed by atoms with Crippen LogP contribution in [0.4, 0.5) is 5.69 Å². The van der Waals surface area contributed by atoms with Gasteiger partial charge in [0.1, 0.15) is 5.15 Å². The van der Waals surface area contributed by atoms with E-state index in [0.717, 1.165) is 4.70 Å². The third-order valence-electron chi connectivity index (χ3n) is 3.95. The number of fused-ring (bicyclic) bond motifs is 3. The number of carbonyl (C=O) groups excluding carboxylic acids is 1. The van der Waals surface area contributed by atoms with Gasteiger partial charge < -0.3 is 5.11 Å². The lowest BCUT2D eigenvalue weighted by Gasteiger charge is -2.08. The lowest BCUT2D eigenvalue weighted by Crippen LogP contribution is -2.12. The summed E-state index contributed by atoms with van der Waals surface area (Å²) in [7, 11) is -3.74. The van der Waals surface area contributed by atoms with Gasteiger partial charge in [0.15, 0.2) is 11.4 Å². The predicted octanol–water partition coefficient (Wildman–Crippen LogP) is 4.07. The van der Waals surface area contributed by atoms with Crippen LogP contribution in [0.2, 0.25) is 5.15 Å². The fourth-order valence-corrected chi connectivity index (χ4v) is 5.27. The quantitative estimate of drug-likeness (QED) is 0.488. The van der Waals surface area contributed by atoms with Gasteiger partial charge in [0.05, 0.1) is 9.60 Å². The maximum atomic E-state index is 12.5. The molecule has 0 atom stereocenters. The van der Waals surface area contributed by atoms with E-state index >= 15 is 0 Å². The molecule has 0 bridgehead atoms. The summed E-state index contributed by atoms with van der Waals surface area (Å²) in [6, 6.07) is 12.9. The summed E-state index contributed by atoms with van der Waals surface area (Å²) in [5.74, 6) is -0.294. The van der Waals surface area contributed by atoms with E-state index in [0.29, 0.717) is 21.2 Å². The van der Waals surface area contributed by atoms with Gasteiger partial charge in [-0.3, -0.25) is 9.52 Å². The van der Waals surface area contributed by atoms with Crippen molar-refractivity contribution in [1.82, 2.24) is 4.98 Å². The van der Waals surface area contributed by atoms with Crippen LogP contribution in [0.1, 0.15) is 5.69 Å². The second-order valence-corrected chi connectivity index (χ2v) is 8.73. The second kappa shape index (κ2) is 6.49. The molecule has 2 heterocycles. The number of pyridine rings is 1.